The molecule has 5 nitrogen and oxygen atoms in total. The van der Waals surface area contributed by atoms with E-state index in [-0.39, 0.29) is 17.4 Å². The summed E-state index contributed by atoms with van der Waals surface area (Å²) in [6.07, 6.45) is 0. The molecule has 2 aliphatic rings. The van der Waals surface area contributed by atoms with Crippen LogP contribution in [0.2, 0.25) is 0 Å². The van der Waals surface area contributed by atoms with Gasteiger partial charge in [-0.25, -0.2) is 0 Å². The van der Waals surface area contributed by atoms with Crippen molar-refractivity contribution in [3.63, 3.8) is 0 Å². The van der Waals surface area contributed by atoms with Crippen LogP contribution in [0.5, 0.6) is 0 Å². The molecule has 5 heteroatoms. The highest BCUT2D eigenvalue weighted by atomic mass is 16.7. The Kier molecular flexibility index (Phi) is 3.20. The van der Waals surface area contributed by atoms with Gasteiger partial charge in [0.2, 0.25) is 5.88 Å². The second kappa shape index (κ2) is 5.44. The minimum atomic E-state index is -0.0733. The van der Waals surface area contributed by atoms with Gasteiger partial charge in [-0.15, -0.1) is 0 Å². The van der Waals surface area contributed by atoms with E-state index in [4.69, 9.17) is 9.25 Å². The fourth-order valence-corrected chi connectivity index (χ4v) is 4.01. The van der Waals surface area contributed by atoms with Crippen LogP contribution in [-0.2, 0) is 4.84 Å². The number of para-hydroxylation sites is 2. The summed E-state index contributed by atoms with van der Waals surface area (Å²) in [6.45, 7) is 1.36. The van der Waals surface area contributed by atoms with Crippen molar-refractivity contribution in [1.82, 2.24) is 5.06 Å². The average Bonchev–Trinajstić information content (AvgIpc) is 3.03. The first-order valence-corrected chi connectivity index (χ1v) is 8.48. The summed E-state index contributed by atoms with van der Waals surface area (Å²) in [4.78, 5) is 21.1. The molecule has 126 valence electrons. The molecule has 0 bridgehead atoms. The minimum absolute atomic E-state index is 0.0323. The van der Waals surface area contributed by atoms with Crippen LogP contribution in [0.15, 0.2) is 63.8 Å². The summed E-state index contributed by atoms with van der Waals surface area (Å²) in [6, 6.07) is 17.4. The van der Waals surface area contributed by atoms with E-state index < -0.39 is 0 Å². The zero-order chi connectivity index (χ0) is 17.0. The van der Waals surface area contributed by atoms with E-state index in [1.165, 1.54) is 0 Å². The van der Waals surface area contributed by atoms with Crippen molar-refractivity contribution >= 4 is 22.5 Å². The predicted molar refractivity (Wildman–Crippen MR) is 95.9 cm³/mol. The molecule has 1 aromatic heterocycles. The molecule has 0 aliphatic carbocycles. The largest absolute Gasteiger partial charge is 0.440 e. The maximum absolute atomic E-state index is 13.3. The molecule has 0 spiro atoms. The quantitative estimate of drug-likeness (QED) is 0.682. The van der Waals surface area contributed by atoms with Gasteiger partial charge in [0.05, 0.1) is 23.6 Å². The summed E-state index contributed by atoms with van der Waals surface area (Å²) in [5.41, 5.74) is 2.37. The summed E-state index contributed by atoms with van der Waals surface area (Å²) in [5, 5.41) is 2.42. The highest BCUT2D eigenvalue weighted by Gasteiger charge is 2.45. The molecule has 0 amide bonds. The van der Waals surface area contributed by atoms with Crippen molar-refractivity contribution in [2.24, 2.45) is 5.92 Å². The van der Waals surface area contributed by atoms with E-state index in [0.717, 1.165) is 12.2 Å². The van der Waals surface area contributed by atoms with Crippen molar-refractivity contribution in [2.75, 3.05) is 25.1 Å². The van der Waals surface area contributed by atoms with Crippen LogP contribution in [-0.4, -0.2) is 25.3 Å². The number of anilines is 2. The molecule has 2 atom stereocenters. The third-order valence-corrected chi connectivity index (χ3v) is 5.17. The Balaban J connectivity index is 1.81. The van der Waals surface area contributed by atoms with Gasteiger partial charge in [-0.2, -0.15) is 5.06 Å². The molecular weight excluding hydrogens is 316 g/mol. The lowest BCUT2D eigenvalue weighted by atomic mass is 9.89. The van der Waals surface area contributed by atoms with Crippen LogP contribution >= 0.6 is 0 Å². The fraction of sp³-hybridized carbons (Fsp3) is 0.250. The number of hydroxylamine groups is 2. The number of fused-ring (bicyclic) bond motifs is 4. The summed E-state index contributed by atoms with van der Waals surface area (Å²) < 4.78 is 6.23. The molecule has 25 heavy (non-hydrogen) atoms. The van der Waals surface area contributed by atoms with Crippen molar-refractivity contribution in [3.05, 3.63) is 70.4 Å². The molecule has 0 N–H and O–H groups in total. The topological polar surface area (TPSA) is 45.9 Å². The zero-order valence-corrected chi connectivity index (χ0v) is 13.9. The maximum atomic E-state index is 13.3. The van der Waals surface area contributed by atoms with Gasteiger partial charge in [0.15, 0.2) is 5.43 Å². The smallest absolute Gasteiger partial charge is 0.209 e. The lowest BCUT2D eigenvalue weighted by Gasteiger charge is -2.36. The van der Waals surface area contributed by atoms with Crippen molar-refractivity contribution < 1.29 is 9.25 Å². The van der Waals surface area contributed by atoms with Crippen LogP contribution in [0.3, 0.4) is 0 Å². The molecule has 3 heterocycles. The van der Waals surface area contributed by atoms with Crippen LogP contribution in [0, 0.1) is 5.92 Å². The Bertz CT molecular complexity index is 999. The van der Waals surface area contributed by atoms with Crippen LogP contribution in [0.1, 0.15) is 11.6 Å². The predicted octanol–water partition coefficient (Wildman–Crippen LogP) is 3.48. The van der Waals surface area contributed by atoms with E-state index in [1.54, 1.807) is 5.06 Å². The highest BCUT2D eigenvalue weighted by Crippen LogP contribution is 2.45. The second-order valence-electron chi connectivity index (χ2n) is 6.64. The van der Waals surface area contributed by atoms with Crippen LogP contribution in [0.25, 0.3) is 11.0 Å². The average molecular weight is 334 g/mol. The molecule has 2 aliphatic heterocycles. The Morgan fingerprint density at radius 2 is 1.80 bits per heavy atom. The molecule has 0 saturated carbocycles. The first-order valence-electron chi connectivity index (χ1n) is 8.48. The normalized spacial score (nSPS) is 22.8. The SMILES string of the molecule is CN1OC[C@@H]2CN(c3ccccc3)c3oc4ccccc4c(=O)c3[C@@H]21. The van der Waals surface area contributed by atoms with Gasteiger partial charge in [0, 0.05) is 25.2 Å². The molecule has 2 aromatic carbocycles. The number of hydrogen-bond donors (Lipinski definition) is 0. The van der Waals surface area contributed by atoms with Crippen molar-refractivity contribution in [1.29, 1.82) is 0 Å². The maximum Gasteiger partial charge on any atom is 0.209 e. The monoisotopic (exact) mass is 334 g/mol. The summed E-state index contributed by atoms with van der Waals surface area (Å²) in [5.74, 6) is 0.857. The molecule has 1 saturated heterocycles. The number of benzene rings is 2. The third kappa shape index (κ3) is 2.13. The van der Waals surface area contributed by atoms with Crippen LogP contribution in [0.4, 0.5) is 11.6 Å². The number of hydrogen-bond acceptors (Lipinski definition) is 5. The van der Waals surface area contributed by atoms with Crippen molar-refractivity contribution in [3.8, 4) is 0 Å². The Hall–Kier alpha value is -2.63. The Morgan fingerprint density at radius 1 is 1.04 bits per heavy atom. The van der Waals surface area contributed by atoms with Crippen LogP contribution < -0.4 is 10.3 Å². The van der Waals surface area contributed by atoms with E-state index in [9.17, 15) is 4.79 Å². The Morgan fingerprint density at radius 3 is 2.64 bits per heavy atom. The second-order valence-corrected chi connectivity index (χ2v) is 6.64. The third-order valence-electron chi connectivity index (χ3n) is 5.17. The van der Waals surface area contributed by atoms with Gasteiger partial charge >= 0.3 is 0 Å². The van der Waals surface area contributed by atoms with Gasteiger partial charge in [-0.3, -0.25) is 9.63 Å². The van der Waals surface area contributed by atoms with E-state index in [0.29, 0.717) is 29.0 Å². The molecule has 0 radical (unpaired) electrons. The molecule has 0 unspecified atom stereocenters. The lowest BCUT2D eigenvalue weighted by molar-refractivity contribution is -0.110. The fourth-order valence-electron chi connectivity index (χ4n) is 4.01. The van der Waals surface area contributed by atoms with E-state index in [1.807, 2.05) is 61.6 Å². The molecule has 5 rings (SSSR count). The standard InChI is InChI=1S/C20H18N2O3/c1-21-18-13(12-24-21)11-22(14-7-3-2-4-8-14)20-17(18)19(23)15-9-5-6-10-16(15)25-20/h2-10,13,18H,11-12H2,1H3/t13-,18+/m0/s1. The molecule has 1 fully saturated rings. The zero-order valence-electron chi connectivity index (χ0n) is 13.9. The number of nitrogens with zero attached hydrogens (tertiary/aromatic N) is 2. The van der Waals surface area contributed by atoms with Gasteiger partial charge in [0.1, 0.15) is 5.58 Å². The highest BCUT2D eigenvalue weighted by molar-refractivity contribution is 5.80. The number of rotatable bonds is 1. The molecule has 3 aromatic rings. The summed E-state index contributed by atoms with van der Waals surface area (Å²) in [7, 11) is 1.89. The van der Waals surface area contributed by atoms with Crippen molar-refractivity contribution in [2.45, 2.75) is 6.04 Å². The first-order chi connectivity index (χ1) is 12.2. The van der Waals surface area contributed by atoms with E-state index in [2.05, 4.69) is 4.90 Å². The van der Waals surface area contributed by atoms with Gasteiger partial charge in [-0.05, 0) is 24.3 Å². The molecular formula is C20H18N2O3. The Labute approximate surface area is 145 Å². The van der Waals surface area contributed by atoms with Gasteiger partial charge in [-0.1, -0.05) is 30.3 Å². The minimum Gasteiger partial charge on any atom is -0.440 e. The lowest BCUT2D eigenvalue weighted by Crippen LogP contribution is -2.39. The van der Waals surface area contributed by atoms with Gasteiger partial charge in [0.25, 0.3) is 0 Å². The first kappa shape index (κ1) is 14.7. The van der Waals surface area contributed by atoms with E-state index >= 15 is 0 Å². The van der Waals surface area contributed by atoms with Gasteiger partial charge < -0.3 is 9.32 Å². The summed E-state index contributed by atoms with van der Waals surface area (Å²) >= 11 is 0.